The summed E-state index contributed by atoms with van der Waals surface area (Å²) < 4.78 is 5.35. The van der Waals surface area contributed by atoms with Crippen LogP contribution in [0.2, 0.25) is 0 Å². The number of morpholine rings is 1. The lowest BCUT2D eigenvalue weighted by Gasteiger charge is -2.26. The topological polar surface area (TPSA) is 112 Å². The van der Waals surface area contributed by atoms with E-state index in [9.17, 15) is 9.59 Å². The van der Waals surface area contributed by atoms with Gasteiger partial charge in [-0.2, -0.15) is 4.98 Å². The maximum atomic E-state index is 12.9. The van der Waals surface area contributed by atoms with Crippen LogP contribution in [0.15, 0.2) is 35.4 Å². The van der Waals surface area contributed by atoms with Crippen LogP contribution in [0.4, 0.5) is 11.6 Å². The van der Waals surface area contributed by atoms with Crippen LogP contribution in [0.5, 0.6) is 0 Å². The van der Waals surface area contributed by atoms with Gasteiger partial charge in [-0.1, -0.05) is 6.07 Å². The molecule has 166 valence electrons. The molecule has 2 aromatic heterocycles. The molecule has 3 heterocycles. The molecule has 0 bridgehead atoms. The number of rotatable bonds is 6. The van der Waals surface area contributed by atoms with Crippen LogP contribution in [0.1, 0.15) is 27.9 Å². The fourth-order valence-corrected chi connectivity index (χ4v) is 4.26. The van der Waals surface area contributed by atoms with Gasteiger partial charge in [-0.25, -0.2) is 4.98 Å². The smallest absolute Gasteiger partial charge is 0.261 e. The van der Waals surface area contributed by atoms with E-state index >= 15 is 0 Å². The number of hydrogen-bond acceptors (Lipinski definition) is 7. The molecular weight excluding hydrogens is 408 g/mol. The van der Waals surface area contributed by atoms with Gasteiger partial charge in [0.1, 0.15) is 11.2 Å². The van der Waals surface area contributed by atoms with E-state index in [1.807, 2.05) is 18.2 Å². The molecule has 9 nitrogen and oxygen atoms in total. The number of H-pyrrole nitrogens is 1. The van der Waals surface area contributed by atoms with Gasteiger partial charge in [-0.05, 0) is 42.5 Å². The van der Waals surface area contributed by atoms with Gasteiger partial charge in [0.2, 0.25) is 11.4 Å². The van der Waals surface area contributed by atoms with Crippen molar-refractivity contribution in [2.24, 2.45) is 0 Å². The van der Waals surface area contributed by atoms with Gasteiger partial charge in [0, 0.05) is 44.3 Å². The Bertz CT molecular complexity index is 1200. The molecule has 3 N–H and O–H groups in total. The lowest BCUT2D eigenvalue weighted by molar-refractivity contribution is 0.0398. The summed E-state index contributed by atoms with van der Waals surface area (Å²) in [4.78, 5) is 39.5. The summed E-state index contributed by atoms with van der Waals surface area (Å²) in [6.07, 6.45) is 6.12. The number of amides is 1. The molecule has 0 saturated carbocycles. The highest BCUT2D eigenvalue weighted by molar-refractivity contribution is 6.05. The van der Waals surface area contributed by atoms with E-state index in [1.165, 1.54) is 23.5 Å². The molecule has 32 heavy (non-hydrogen) atoms. The van der Waals surface area contributed by atoms with Gasteiger partial charge in [-0.3, -0.25) is 14.5 Å². The molecule has 1 aliphatic heterocycles. The molecule has 1 fully saturated rings. The van der Waals surface area contributed by atoms with Crippen molar-refractivity contribution in [3.63, 3.8) is 0 Å². The van der Waals surface area contributed by atoms with Crippen LogP contribution >= 0.6 is 0 Å². The van der Waals surface area contributed by atoms with Gasteiger partial charge >= 0.3 is 0 Å². The van der Waals surface area contributed by atoms with Gasteiger partial charge in [0.05, 0.1) is 18.6 Å². The normalized spacial score (nSPS) is 16.1. The molecule has 1 aliphatic carbocycles. The summed E-state index contributed by atoms with van der Waals surface area (Å²) >= 11 is 0. The second-order valence-electron chi connectivity index (χ2n) is 8.16. The highest BCUT2D eigenvalue weighted by atomic mass is 16.5. The first-order valence-corrected chi connectivity index (χ1v) is 11.0. The zero-order valence-corrected chi connectivity index (χ0v) is 17.8. The molecular formula is C23H26N6O3. The third-order valence-electron chi connectivity index (χ3n) is 6.05. The Hall–Kier alpha value is -3.30. The predicted octanol–water partition coefficient (Wildman–Crippen LogP) is 1.80. The van der Waals surface area contributed by atoms with Crippen molar-refractivity contribution in [1.29, 1.82) is 0 Å². The van der Waals surface area contributed by atoms with Crippen molar-refractivity contribution in [3.05, 3.63) is 57.5 Å². The van der Waals surface area contributed by atoms with Crippen LogP contribution < -0.4 is 16.1 Å². The van der Waals surface area contributed by atoms with E-state index in [1.54, 1.807) is 0 Å². The van der Waals surface area contributed by atoms with Crippen LogP contribution in [0.3, 0.4) is 0 Å². The van der Waals surface area contributed by atoms with Gasteiger partial charge < -0.3 is 20.4 Å². The first-order chi connectivity index (χ1) is 15.7. The number of hydrogen-bond donors (Lipinski definition) is 3. The van der Waals surface area contributed by atoms with Crippen molar-refractivity contribution in [2.75, 3.05) is 50.0 Å². The quantitative estimate of drug-likeness (QED) is 0.542. The minimum atomic E-state index is -0.446. The molecule has 1 saturated heterocycles. The number of carbonyl (C=O) groups excluding carboxylic acids is 1. The van der Waals surface area contributed by atoms with E-state index in [2.05, 4.69) is 30.5 Å². The fourth-order valence-electron chi connectivity index (χ4n) is 4.26. The summed E-state index contributed by atoms with van der Waals surface area (Å²) in [5, 5.41) is 6.31. The van der Waals surface area contributed by atoms with Crippen LogP contribution in [-0.4, -0.2) is 65.2 Å². The maximum Gasteiger partial charge on any atom is 0.261 e. The van der Waals surface area contributed by atoms with Crippen LogP contribution in [0, 0.1) is 0 Å². The number of aromatic nitrogens is 3. The Balaban J connectivity index is 1.27. The van der Waals surface area contributed by atoms with Crippen LogP contribution in [0.25, 0.3) is 11.0 Å². The number of pyridine rings is 1. The number of carbonyl (C=O) groups is 1. The minimum Gasteiger partial charge on any atom is -0.379 e. The SMILES string of the molecule is O=C(Nc1ccc2c(c1)CCC2)c1c[nH]c2nc(NCCN3CCOCC3)ncc2c1=O. The minimum absolute atomic E-state index is 0.0367. The Morgan fingerprint density at radius 2 is 2.03 bits per heavy atom. The van der Waals surface area contributed by atoms with E-state index in [0.717, 1.165) is 52.1 Å². The fraction of sp³-hybridized carbons (Fsp3) is 0.391. The first-order valence-electron chi connectivity index (χ1n) is 11.0. The van der Waals surface area contributed by atoms with Crippen molar-refractivity contribution in [3.8, 4) is 0 Å². The molecule has 1 amide bonds. The first kappa shape index (κ1) is 20.6. The second kappa shape index (κ2) is 9.05. The van der Waals surface area contributed by atoms with E-state index in [4.69, 9.17) is 4.74 Å². The number of nitrogens with one attached hydrogen (secondary N) is 3. The van der Waals surface area contributed by atoms with Crippen molar-refractivity contribution >= 4 is 28.6 Å². The lowest BCUT2D eigenvalue weighted by Crippen LogP contribution is -2.39. The third kappa shape index (κ3) is 4.35. The molecule has 0 radical (unpaired) electrons. The Labute approximate surface area is 185 Å². The number of benzene rings is 1. The summed E-state index contributed by atoms with van der Waals surface area (Å²) in [5.74, 6) is -0.00411. The van der Waals surface area contributed by atoms with Gasteiger partial charge in [-0.15, -0.1) is 0 Å². The average Bonchev–Trinajstić information content (AvgIpc) is 3.28. The molecule has 2 aliphatic rings. The van der Waals surface area contributed by atoms with Crippen LogP contribution in [-0.2, 0) is 17.6 Å². The largest absolute Gasteiger partial charge is 0.379 e. The summed E-state index contributed by atoms with van der Waals surface area (Å²) in [6, 6.07) is 5.92. The molecule has 9 heteroatoms. The van der Waals surface area contributed by atoms with Gasteiger partial charge in [0.15, 0.2) is 0 Å². The lowest BCUT2D eigenvalue weighted by atomic mass is 10.1. The maximum absolute atomic E-state index is 12.9. The number of aromatic amines is 1. The molecule has 5 rings (SSSR count). The molecule has 0 unspecified atom stereocenters. The highest BCUT2D eigenvalue weighted by Gasteiger charge is 2.17. The standard InChI is InChI=1S/C23H26N6O3/c30-20-18-13-26-23(24-6-7-29-8-10-32-11-9-29)28-21(18)25-14-19(20)22(31)27-17-5-4-15-2-1-3-16(15)12-17/h4-5,12-14H,1-3,6-11H2,(H,27,31)(H2,24,25,26,28,30). The average molecular weight is 435 g/mol. The van der Waals surface area contributed by atoms with E-state index < -0.39 is 11.3 Å². The molecule has 0 atom stereocenters. The number of anilines is 2. The van der Waals surface area contributed by atoms with E-state index in [-0.39, 0.29) is 10.9 Å². The Kier molecular flexibility index (Phi) is 5.83. The number of nitrogens with zero attached hydrogens (tertiary/aromatic N) is 3. The zero-order chi connectivity index (χ0) is 21.9. The number of aryl methyl sites for hydroxylation is 2. The van der Waals surface area contributed by atoms with Crippen molar-refractivity contribution in [2.45, 2.75) is 19.3 Å². The summed E-state index contributed by atoms with van der Waals surface area (Å²) in [5.41, 5.74) is 3.33. The Morgan fingerprint density at radius 3 is 2.91 bits per heavy atom. The monoisotopic (exact) mass is 434 g/mol. The summed E-state index contributed by atoms with van der Waals surface area (Å²) in [6.45, 7) is 4.92. The van der Waals surface area contributed by atoms with Crippen molar-refractivity contribution in [1.82, 2.24) is 19.9 Å². The number of fused-ring (bicyclic) bond motifs is 2. The van der Waals surface area contributed by atoms with Crippen molar-refractivity contribution < 1.29 is 9.53 Å². The highest BCUT2D eigenvalue weighted by Crippen LogP contribution is 2.25. The summed E-state index contributed by atoms with van der Waals surface area (Å²) in [7, 11) is 0. The molecule has 3 aromatic rings. The third-order valence-corrected chi connectivity index (χ3v) is 6.05. The Morgan fingerprint density at radius 1 is 1.19 bits per heavy atom. The number of ether oxygens (including phenoxy) is 1. The molecule has 0 spiro atoms. The van der Waals surface area contributed by atoms with E-state index in [0.29, 0.717) is 23.8 Å². The molecule has 1 aromatic carbocycles. The predicted molar refractivity (Wildman–Crippen MR) is 122 cm³/mol. The second-order valence-corrected chi connectivity index (χ2v) is 8.16. The van der Waals surface area contributed by atoms with Gasteiger partial charge in [0.25, 0.3) is 5.91 Å². The zero-order valence-electron chi connectivity index (χ0n) is 17.8.